The Hall–Kier alpha value is -2.32. The molecule has 46 heavy (non-hydrogen) atoms. The standard InChI is InChI=1S/C38H70N4O4/c1-5-7-9-11-13-15-17-19-29-41(3)31-21-23-33-45-37(43)39-35-25-27-36(28-26-35)40-38(44)46-34-24-22-32-42(4)30-20-18-16-14-12-10-8-6-2/h25-28H,5-24,29-34H2,1-4H3,(H,39,43)(H,40,44). The monoisotopic (exact) mass is 647 g/mol. The molecule has 2 N–H and O–H groups in total. The summed E-state index contributed by atoms with van der Waals surface area (Å²) in [6.07, 6.45) is 24.3. The largest absolute Gasteiger partial charge is 0.449 e. The molecule has 0 fully saturated rings. The molecule has 0 saturated carbocycles. The SMILES string of the molecule is CCCCCCCCCCN(C)CCCCOC(=O)Nc1ccc(NC(=O)OCCCCN(C)CCCCCCCCCC)cc1. The number of amides is 2. The van der Waals surface area contributed by atoms with E-state index in [1.54, 1.807) is 24.3 Å². The predicted molar refractivity (Wildman–Crippen MR) is 195 cm³/mol. The zero-order chi connectivity index (χ0) is 33.5. The summed E-state index contributed by atoms with van der Waals surface area (Å²) in [5.74, 6) is 0. The number of benzene rings is 1. The first-order valence-corrected chi connectivity index (χ1v) is 18.8. The molecule has 0 aliphatic carbocycles. The molecule has 0 saturated heterocycles. The second-order valence-electron chi connectivity index (χ2n) is 13.1. The van der Waals surface area contributed by atoms with Crippen molar-refractivity contribution in [2.45, 2.75) is 142 Å². The molecule has 8 heteroatoms. The van der Waals surface area contributed by atoms with Gasteiger partial charge in [0.25, 0.3) is 0 Å². The van der Waals surface area contributed by atoms with Crippen LogP contribution in [0.1, 0.15) is 142 Å². The van der Waals surface area contributed by atoms with Crippen molar-refractivity contribution in [3.8, 4) is 0 Å². The van der Waals surface area contributed by atoms with E-state index in [-0.39, 0.29) is 0 Å². The minimum atomic E-state index is -0.462. The zero-order valence-electron chi connectivity index (χ0n) is 30.2. The van der Waals surface area contributed by atoms with Gasteiger partial charge in [0.15, 0.2) is 0 Å². The maximum atomic E-state index is 12.2. The van der Waals surface area contributed by atoms with Crippen LogP contribution < -0.4 is 10.6 Å². The van der Waals surface area contributed by atoms with Gasteiger partial charge in [-0.15, -0.1) is 0 Å². The van der Waals surface area contributed by atoms with E-state index in [1.165, 1.54) is 103 Å². The molecule has 0 atom stereocenters. The molecule has 0 bridgehead atoms. The van der Waals surface area contributed by atoms with Crippen LogP contribution in [0.2, 0.25) is 0 Å². The molecule has 0 unspecified atom stereocenters. The van der Waals surface area contributed by atoms with Crippen LogP contribution >= 0.6 is 0 Å². The van der Waals surface area contributed by atoms with E-state index < -0.39 is 12.2 Å². The third-order valence-electron chi connectivity index (χ3n) is 8.50. The Kier molecular flexibility index (Phi) is 27.2. The van der Waals surface area contributed by atoms with Gasteiger partial charge in [-0.05, 0) is 103 Å². The number of nitrogens with one attached hydrogen (secondary N) is 2. The maximum Gasteiger partial charge on any atom is 0.411 e. The fourth-order valence-corrected chi connectivity index (χ4v) is 5.50. The lowest BCUT2D eigenvalue weighted by Gasteiger charge is -2.16. The van der Waals surface area contributed by atoms with Gasteiger partial charge in [0, 0.05) is 11.4 Å². The van der Waals surface area contributed by atoms with Gasteiger partial charge < -0.3 is 19.3 Å². The highest BCUT2D eigenvalue weighted by Crippen LogP contribution is 2.15. The van der Waals surface area contributed by atoms with Crippen molar-refractivity contribution in [3.63, 3.8) is 0 Å². The van der Waals surface area contributed by atoms with Crippen LogP contribution in [0.4, 0.5) is 21.0 Å². The molecule has 0 aliphatic rings. The third kappa shape index (κ3) is 25.8. The van der Waals surface area contributed by atoms with Crippen molar-refractivity contribution in [1.29, 1.82) is 0 Å². The summed E-state index contributed by atoms with van der Waals surface area (Å²) >= 11 is 0. The van der Waals surface area contributed by atoms with Crippen molar-refractivity contribution in [2.24, 2.45) is 0 Å². The summed E-state index contributed by atoms with van der Waals surface area (Å²) in [5.41, 5.74) is 1.23. The average Bonchev–Trinajstić information content (AvgIpc) is 3.04. The molecule has 0 aliphatic heterocycles. The zero-order valence-corrected chi connectivity index (χ0v) is 30.2. The summed E-state index contributed by atoms with van der Waals surface area (Å²) in [6, 6.07) is 6.94. The number of carbonyl (C=O) groups is 2. The Morgan fingerprint density at radius 3 is 1.09 bits per heavy atom. The van der Waals surface area contributed by atoms with Gasteiger partial charge in [-0.25, -0.2) is 9.59 Å². The molecule has 266 valence electrons. The molecule has 0 radical (unpaired) electrons. The van der Waals surface area contributed by atoms with Gasteiger partial charge in [-0.1, -0.05) is 104 Å². The van der Waals surface area contributed by atoms with E-state index in [0.717, 1.165) is 51.9 Å². The van der Waals surface area contributed by atoms with Crippen LogP contribution in [0.15, 0.2) is 24.3 Å². The number of unbranched alkanes of at least 4 members (excludes halogenated alkanes) is 16. The van der Waals surface area contributed by atoms with Gasteiger partial charge >= 0.3 is 12.2 Å². The normalized spacial score (nSPS) is 11.3. The van der Waals surface area contributed by atoms with Crippen molar-refractivity contribution >= 4 is 23.6 Å². The lowest BCUT2D eigenvalue weighted by atomic mass is 10.1. The van der Waals surface area contributed by atoms with E-state index in [9.17, 15) is 9.59 Å². The predicted octanol–water partition coefficient (Wildman–Crippen LogP) is 10.5. The van der Waals surface area contributed by atoms with E-state index in [2.05, 4.69) is 48.4 Å². The number of hydrogen-bond acceptors (Lipinski definition) is 6. The van der Waals surface area contributed by atoms with Gasteiger partial charge in [0.2, 0.25) is 0 Å². The Balaban J connectivity index is 2.02. The van der Waals surface area contributed by atoms with Crippen molar-refractivity contribution in [1.82, 2.24) is 9.80 Å². The third-order valence-corrected chi connectivity index (χ3v) is 8.50. The minimum Gasteiger partial charge on any atom is -0.449 e. The summed E-state index contributed by atoms with van der Waals surface area (Å²) in [7, 11) is 4.35. The second kappa shape index (κ2) is 30.0. The van der Waals surface area contributed by atoms with E-state index in [1.807, 2.05) is 0 Å². The second-order valence-corrected chi connectivity index (χ2v) is 13.1. The number of hydrogen-bond donors (Lipinski definition) is 2. The van der Waals surface area contributed by atoms with Crippen LogP contribution in [-0.2, 0) is 9.47 Å². The highest BCUT2D eigenvalue weighted by Gasteiger charge is 2.07. The summed E-state index contributed by atoms with van der Waals surface area (Å²) in [4.78, 5) is 29.1. The number of carbonyl (C=O) groups excluding carboxylic acids is 2. The van der Waals surface area contributed by atoms with Crippen LogP contribution in [0.25, 0.3) is 0 Å². The highest BCUT2D eigenvalue weighted by atomic mass is 16.6. The topological polar surface area (TPSA) is 83.1 Å². The minimum absolute atomic E-state index is 0.401. The van der Waals surface area contributed by atoms with E-state index in [4.69, 9.17) is 9.47 Å². The fraction of sp³-hybridized carbons (Fsp3) is 0.789. The first kappa shape index (κ1) is 41.7. The van der Waals surface area contributed by atoms with Gasteiger partial charge in [-0.2, -0.15) is 0 Å². The molecular weight excluding hydrogens is 576 g/mol. The Morgan fingerprint density at radius 1 is 0.478 bits per heavy atom. The number of ether oxygens (including phenoxy) is 2. The number of nitrogens with zero attached hydrogens (tertiary/aromatic N) is 2. The fourth-order valence-electron chi connectivity index (χ4n) is 5.50. The average molecular weight is 647 g/mol. The first-order valence-electron chi connectivity index (χ1n) is 18.8. The lowest BCUT2D eigenvalue weighted by molar-refractivity contribution is 0.156. The Labute approximate surface area is 282 Å². The van der Waals surface area contributed by atoms with Crippen LogP contribution in [0.5, 0.6) is 0 Å². The summed E-state index contributed by atoms with van der Waals surface area (Å²) in [5, 5.41) is 5.49. The molecule has 1 aromatic carbocycles. The molecule has 0 aromatic heterocycles. The molecule has 1 aromatic rings. The highest BCUT2D eigenvalue weighted by molar-refractivity contribution is 5.87. The molecule has 0 spiro atoms. The number of rotatable bonds is 30. The van der Waals surface area contributed by atoms with Crippen molar-refractivity contribution in [2.75, 3.05) is 64.1 Å². The molecule has 1 rings (SSSR count). The van der Waals surface area contributed by atoms with Crippen molar-refractivity contribution < 1.29 is 19.1 Å². The quantitative estimate of drug-likeness (QED) is 0.0809. The van der Waals surface area contributed by atoms with Gasteiger partial charge in [0.05, 0.1) is 13.2 Å². The molecular formula is C38H70N4O4. The van der Waals surface area contributed by atoms with Gasteiger partial charge in [0.1, 0.15) is 0 Å². The molecule has 2 amide bonds. The summed E-state index contributed by atoms with van der Waals surface area (Å²) in [6.45, 7) is 9.64. The van der Waals surface area contributed by atoms with Crippen molar-refractivity contribution in [3.05, 3.63) is 24.3 Å². The molecule has 8 nitrogen and oxygen atoms in total. The summed E-state index contributed by atoms with van der Waals surface area (Å²) < 4.78 is 10.7. The Bertz CT molecular complexity index is 783. The van der Waals surface area contributed by atoms with E-state index in [0.29, 0.717) is 24.6 Å². The lowest BCUT2D eigenvalue weighted by Crippen LogP contribution is -2.21. The van der Waals surface area contributed by atoms with Crippen LogP contribution in [0, 0.1) is 0 Å². The molecule has 0 heterocycles. The van der Waals surface area contributed by atoms with Crippen LogP contribution in [0.3, 0.4) is 0 Å². The number of anilines is 2. The maximum absolute atomic E-state index is 12.2. The van der Waals surface area contributed by atoms with E-state index >= 15 is 0 Å². The smallest absolute Gasteiger partial charge is 0.411 e. The van der Waals surface area contributed by atoms with Crippen LogP contribution in [-0.4, -0.2) is 75.5 Å². The first-order chi connectivity index (χ1) is 22.4. The Morgan fingerprint density at radius 2 is 0.761 bits per heavy atom. The van der Waals surface area contributed by atoms with Gasteiger partial charge in [-0.3, -0.25) is 10.6 Å².